The number of hydrogen-bond donors (Lipinski definition) is 1. The molecule has 2 N–H and O–H groups in total. The highest BCUT2D eigenvalue weighted by Gasteiger charge is 2.18. The molecule has 0 saturated heterocycles. The number of nitrogens with zero attached hydrogens (tertiary/aromatic N) is 2. The van der Waals surface area contributed by atoms with E-state index in [-0.39, 0.29) is 22.8 Å². The highest BCUT2D eigenvalue weighted by Crippen LogP contribution is 2.22. The Morgan fingerprint density at radius 1 is 1.19 bits per heavy atom. The number of rotatable bonds is 6. The molecule has 0 aliphatic carbocycles. The number of likely N-dealkylation sites (N-methyl/N-ethyl adjacent to an activating group) is 1. The minimum atomic E-state index is -0.827. The number of nitrogens with two attached hydrogens (primary N) is 1. The van der Waals surface area contributed by atoms with E-state index in [1.807, 2.05) is 32.0 Å². The third-order valence-corrected chi connectivity index (χ3v) is 4.12. The average molecular weight is 371 g/mol. The first kappa shape index (κ1) is 19.9. The normalized spacial score (nSPS) is 10.3. The number of hydrogen-bond acceptors (Lipinski definition) is 6. The van der Waals surface area contributed by atoms with Crippen molar-refractivity contribution in [3.05, 3.63) is 68.8 Å². The molecule has 0 heterocycles. The van der Waals surface area contributed by atoms with E-state index in [4.69, 9.17) is 10.5 Å². The maximum Gasteiger partial charge on any atom is 0.338 e. The van der Waals surface area contributed by atoms with E-state index in [0.717, 1.165) is 22.8 Å². The standard InChI is InChI=1S/C19H21N3O5/c1-12-4-5-15(13(2)8-12)10-21(3)18(23)11-27-19(24)14-6-7-16(20)17(9-14)22(25)26/h4-9H,10-11,20H2,1-3H3. The second kappa shape index (κ2) is 8.31. The molecule has 0 saturated carbocycles. The molecule has 2 aromatic carbocycles. The zero-order valence-electron chi connectivity index (χ0n) is 15.4. The quantitative estimate of drug-likeness (QED) is 0.361. The lowest BCUT2D eigenvalue weighted by atomic mass is 10.1. The Bertz CT molecular complexity index is 895. The second-order valence-electron chi connectivity index (χ2n) is 6.29. The smallest absolute Gasteiger partial charge is 0.338 e. The molecule has 0 spiro atoms. The summed E-state index contributed by atoms with van der Waals surface area (Å²) in [5.74, 6) is -1.21. The number of aryl methyl sites for hydroxylation is 2. The van der Waals surface area contributed by atoms with Crippen molar-refractivity contribution in [2.24, 2.45) is 0 Å². The van der Waals surface area contributed by atoms with Gasteiger partial charge in [0.05, 0.1) is 10.5 Å². The Morgan fingerprint density at radius 2 is 1.89 bits per heavy atom. The van der Waals surface area contributed by atoms with Gasteiger partial charge in [-0.15, -0.1) is 0 Å². The molecular weight excluding hydrogens is 350 g/mol. The van der Waals surface area contributed by atoms with Gasteiger partial charge in [-0.3, -0.25) is 14.9 Å². The summed E-state index contributed by atoms with van der Waals surface area (Å²) in [6.07, 6.45) is 0. The van der Waals surface area contributed by atoms with E-state index in [0.29, 0.717) is 6.54 Å². The third-order valence-electron chi connectivity index (χ3n) is 4.12. The number of anilines is 1. The summed E-state index contributed by atoms with van der Waals surface area (Å²) in [5, 5.41) is 10.9. The molecule has 0 aliphatic heterocycles. The van der Waals surface area contributed by atoms with Gasteiger partial charge in [-0.05, 0) is 37.1 Å². The van der Waals surface area contributed by atoms with Crippen molar-refractivity contribution in [3.8, 4) is 0 Å². The number of carbonyl (C=O) groups excluding carboxylic acids is 2. The SMILES string of the molecule is Cc1ccc(CN(C)C(=O)COC(=O)c2ccc(N)c([N+](=O)[O-])c2)c(C)c1. The molecule has 142 valence electrons. The number of carbonyl (C=O) groups is 2. The van der Waals surface area contributed by atoms with Crippen molar-refractivity contribution in [3.63, 3.8) is 0 Å². The van der Waals surface area contributed by atoms with Gasteiger partial charge in [-0.2, -0.15) is 0 Å². The molecule has 0 aromatic heterocycles. The number of nitrogen functional groups attached to an aromatic ring is 1. The molecule has 0 unspecified atom stereocenters. The lowest BCUT2D eigenvalue weighted by Crippen LogP contribution is -2.31. The Labute approximate surface area is 156 Å². The summed E-state index contributed by atoms with van der Waals surface area (Å²) >= 11 is 0. The average Bonchev–Trinajstić information content (AvgIpc) is 2.61. The Hall–Kier alpha value is -3.42. The minimum absolute atomic E-state index is 0.0410. The number of benzene rings is 2. The van der Waals surface area contributed by atoms with Crippen molar-refractivity contribution in [2.45, 2.75) is 20.4 Å². The van der Waals surface area contributed by atoms with E-state index in [1.165, 1.54) is 17.0 Å². The summed E-state index contributed by atoms with van der Waals surface area (Å²) in [5.41, 5.74) is 8.21. The molecule has 8 nitrogen and oxygen atoms in total. The molecule has 0 radical (unpaired) electrons. The topological polar surface area (TPSA) is 116 Å². The van der Waals surface area contributed by atoms with E-state index < -0.39 is 17.5 Å². The van der Waals surface area contributed by atoms with E-state index in [2.05, 4.69) is 0 Å². The molecule has 8 heteroatoms. The highest BCUT2D eigenvalue weighted by molar-refractivity contribution is 5.92. The van der Waals surface area contributed by atoms with Crippen LogP contribution >= 0.6 is 0 Å². The van der Waals surface area contributed by atoms with Gasteiger partial charge >= 0.3 is 5.97 Å². The largest absolute Gasteiger partial charge is 0.452 e. The van der Waals surface area contributed by atoms with Gasteiger partial charge < -0.3 is 15.4 Å². The van der Waals surface area contributed by atoms with Crippen LogP contribution in [0.5, 0.6) is 0 Å². The molecule has 0 aliphatic rings. The number of amides is 1. The van der Waals surface area contributed by atoms with Crippen LogP contribution in [0.2, 0.25) is 0 Å². The summed E-state index contributed by atoms with van der Waals surface area (Å²) in [6, 6.07) is 9.54. The van der Waals surface area contributed by atoms with Crippen LogP contribution in [0.1, 0.15) is 27.0 Å². The third kappa shape index (κ3) is 5.04. The lowest BCUT2D eigenvalue weighted by Gasteiger charge is -2.18. The first-order valence-corrected chi connectivity index (χ1v) is 8.20. The van der Waals surface area contributed by atoms with Crippen molar-refractivity contribution in [1.29, 1.82) is 0 Å². The van der Waals surface area contributed by atoms with Gasteiger partial charge in [0.2, 0.25) is 0 Å². The highest BCUT2D eigenvalue weighted by atomic mass is 16.6. The number of esters is 1. The summed E-state index contributed by atoms with van der Waals surface area (Å²) < 4.78 is 4.98. The van der Waals surface area contributed by atoms with Gasteiger partial charge in [-0.1, -0.05) is 23.8 Å². The summed E-state index contributed by atoms with van der Waals surface area (Å²) in [4.78, 5) is 35.9. The van der Waals surface area contributed by atoms with Gasteiger partial charge in [0, 0.05) is 19.7 Å². The van der Waals surface area contributed by atoms with E-state index >= 15 is 0 Å². The predicted octanol–water partition coefficient (Wildman–Crippen LogP) is 2.61. The van der Waals surface area contributed by atoms with Crippen LogP contribution in [0, 0.1) is 24.0 Å². The monoisotopic (exact) mass is 371 g/mol. The molecule has 2 rings (SSSR count). The fraction of sp³-hybridized carbons (Fsp3) is 0.263. The Kier molecular flexibility index (Phi) is 6.12. The maximum atomic E-state index is 12.2. The van der Waals surface area contributed by atoms with Gasteiger partial charge in [0.15, 0.2) is 6.61 Å². The van der Waals surface area contributed by atoms with Gasteiger partial charge in [0.1, 0.15) is 5.69 Å². The van der Waals surface area contributed by atoms with Crippen LogP contribution < -0.4 is 5.73 Å². The maximum absolute atomic E-state index is 12.2. The predicted molar refractivity (Wildman–Crippen MR) is 100 cm³/mol. The zero-order chi connectivity index (χ0) is 20.1. The minimum Gasteiger partial charge on any atom is -0.452 e. The van der Waals surface area contributed by atoms with Crippen LogP contribution in [-0.2, 0) is 16.1 Å². The van der Waals surface area contributed by atoms with Crippen molar-refractivity contribution >= 4 is 23.3 Å². The fourth-order valence-electron chi connectivity index (χ4n) is 2.52. The van der Waals surface area contributed by atoms with Crippen LogP contribution in [-0.4, -0.2) is 35.4 Å². The van der Waals surface area contributed by atoms with Crippen LogP contribution in [0.25, 0.3) is 0 Å². The molecule has 0 bridgehead atoms. The van der Waals surface area contributed by atoms with E-state index in [9.17, 15) is 19.7 Å². The second-order valence-corrected chi connectivity index (χ2v) is 6.29. The van der Waals surface area contributed by atoms with Crippen LogP contribution in [0.3, 0.4) is 0 Å². The van der Waals surface area contributed by atoms with E-state index in [1.54, 1.807) is 7.05 Å². The molecule has 0 atom stereocenters. The lowest BCUT2D eigenvalue weighted by molar-refractivity contribution is -0.383. The zero-order valence-corrected chi connectivity index (χ0v) is 15.4. The molecule has 0 fully saturated rings. The fourth-order valence-corrected chi connectivity index (χ4v) is 2.52. The molecule has 1 amide bonds. The van der Waals surface area contributed by atoms with Crippen LogP contribution in [0.4, 0.5) is 11.4 Å². The number of ether oxygens (including phenoxy) is 1. The first-order chi connectivity index (χ1) is 12.7. The van der Waals surface area contributed by atoms with Gasteiger partial charge in [0.25, 0.3) is 11.6 Å². The van der Waals surface area contributed by atoms with Crippen molar-refractivity contribution in [1.82, 2.24) is 4.90 Å². The van der Waals surface area contributed by atoms with Crippen LogP contribution in [0.15, 0.2) is 36.4 Å². The van der Waals surface area contributed by atoms with Crippen molar-refractivity contribution < 1.29 is 19.2 Å². The Morgan fingerprint density at radius 3 is 2.52 bits per heavy atom. The first-order valence-electron chi connectivity index (χ1n) is 8.20. The molecular formula is C19H21N3O5. The Balaban J connectivity index is 1.97. The van der Waals surface area contributed by atoms with Gasteiger partial charge in [-0.25, -0.2) is 4.79 Å². The number of nitro benzene ring substituents is 1. The summed E-state index contributed by atoms with van der Waals surface area (Å²) in [7, 11) is 1.61. The summed E-state index contributed by atoms with van der Waals surface area (Å²) in [6.45, 7) is 3.88. The van der Waals surface area contributed by atoms with Crippen molar-refractivity contribution in [2.75, 3.05) is 19.4 Å². The molecule has 27 heavy (non-hydrogen) atoms. The molecule has 2 aromatic rings. The number of nitro groups is 1.